The van der Waals surface area contributed by atoms with Gasteiger partial charge in [0.15, 0.2) is 0 Å². The predicted molar refractivity (Wildman–Crippen MR) is 112 cm³/mol. The van der Waals surface area contributed by atoms with Gasteiger partial charge in [0.1, 0.15) is 16.7 Å². The van der Waals surface area contributed by atoms with Crippen molar-refractivity contribution in [1.82, 2.24) is 10.3 Å². The van der Waals surface area contributed by atoms with E-state index in [1.807, 2.05) is 19.9 Å². The molecule has 1 fully saturated rings. The highest BCUT2D eigenvalue weighted by atomic mass is 32.2. The number of aliphatic hydroxyl groups is 1. The third-order valence-electron chi connectivity index (χ3n) is 4.69. The average Bonchev–Trinajstić information content (AvgIpc) is 2.72. The van der Waals surface area contributed by atoms with Crippen LogP contribution < -0.4 is 10.2 Å². The predicted octanol–water partition coefficient (Wildman–Crippen LogP) is 2.77. The van der Waals surface area contributed by atoms with Crippen molar-refractivity contribution in [3.05, 3.63) is 52.8 Å². The molecule has 1 aliphatic heterocycles. The lowest BCUT2D eigenvalue weighted by Crippen LogP contribution is -2.44. The maximum atomic E-state index is 13.4. The van der Waals surface area contributed by atoms with Crippen molar-refractivity contribution in [3.63, 3.8) is 0 Å². The molecule has 1 saturated heterocycles. The van der Waals surface area contributed by atoms with E-state index < -0.39 is 0 Å². The minimum Gasteiger partial charge on any atom is -0.394 e. The number of morpholine rings is 1. The first-order valence-corrected chi connectivity index (χ1v) is 10.6. The number of carbonyl (C=O) groups is 1. The number of carbonyl (C=O) groups excluding carboxylic acids is 1. The molecule has 0 saturated carbocycles. The van der Waals surface area contributed by atoms with Crippen LogP contribution in [0.3, 0.4) is 0 Å². The van der Waals surface area contributed by atoms with Crippen LogP contribution in [0.1, 0.15) is 28.4 Å². The number of nitrogens with zero attached hydrogens (tertiary/aromatic N) is 2. The third-order valence-corrected chi connectivity index (χ3v) is 5.54. The summed E-state index contributed by atoms with van der Waals surface area (Å²) in [5, 5.41) is 12.9. The molecule has 2 aromatic rings. The fourth-order valence-corrected chi connectivity index (χ4v) is 4.09. The Balaban J connectivity index is 1.81. The first kappa shape index (κ1) is 21.5. The molecule has 0 bridgehead atoms. The highest BCUT2D eigenvalue weighted by Gasteiger charge is 2.24. The van der Waals surface area contributed by atoms with Gasteiger partial charge in [0.25, 0.3) is 5.91 Å². The van der Waals surface area contributed by atoms with Crippen LogP contribution in [0, 0.1) is 12.7 Å². The Morgan fingerprint density at radius 1 is 1.45 bits per heavy atom. The number of aliphatic hydroxyl groups excluding tert-OH is 1. The van der Waals surface area contributed by atoms with E-state index in [0.29, 0.717) is 35.8 Å². The van der Waals surface area contributed by atoms with E-state index in [4.69, 9.17) is 9.72 Å². The molecule has 0 unspecified atom stereocenters. The summed E-state index contributed by atoms with van der Waals surface area (Å²) >= 11 is 1.51. The number of benzene rings is 1. The van der Waals surface area contributed by atoms with Crippen molar-refractivity contribution in [2.45, 2.75) is 31.5 Å². The van der Waals surface area contributed by atoms with Gasteiger partial charge < -0.3 is 20.1 Å². The zero-order chi connectivity index (χ0) is 20.8. The van der Waals surface area contributed by atoms with Gasteiger partial charge in [-0.3, -0.25) is 4.79 Å². The van der Waals surface area contributed by atoms with E-state index >= 15 is 0 Å². The van der Waals surface area contributed by atoms with Crippen molar-refractivity contribution in [3.8, 4) is 0 Å². The fourth-order valence-electron chi connectivity index (χ4n) is 3.26. The molecule has 1 aliphatic rings. The van der Waals surface area contributed by atoms with Gasteiger partial charge in [0.05, 0.1) is 24.9 Å². The zero-order valence-corrected chi connectivity index (χ0v) is 17.5. The van der Waals surface area contributed by atoms with Gasteiger partial charge in [0, 0.05) is 19.6 Å². The number of hydrogen-bond acceptors (Lipinski definition) is 6. The summed E-state index contributed by atoms with van der Waals surface area (Å²) in [5.74, 6) is 1.01. The molecular weight excluding hydrogens is 393 g/mol. The molecule has 156 valence electrons. The maximum Gasteiger partial charge on any atom is 0.254 e. The van der Waals surface area contributed by atoms with Gasteiger partial charge in [-0.2, -0.15) is 0 Å². The number of ether oxygens (including phenoxy) is 1. The van der Waals surface area contributed by atoms with Gasteiger partial charge in [-0.05, 0) is 42.0 Å². The lowest BCUT2D eigenvalue weighted by Gasteiger charge is -2.33. The van der Waals surface area contributed by atoms with Crippen LogP contribution in [0.4, 0.5) is 10.2 Å². The molecule has 1 atom stereocenters. The van der Waals surface area contributed by atoms with Crippen LogP contribution in [0.15, 0.2) is 35.4 Å². The largest absolute Gasteiger partial charge is 0.394 e. The number of nitrogens with one attached hydrogen (secondary N) is 1. The number of aromatic nitrogens is 1. The van der Waals surface area contributed by atoms with Crippen LogP contribution in [0.25, 0.3) is 0 Å². The number of halogens is 1. The normalized spacial score (nSPS) is 16.7. The molecule has 0 spiro atoms. The Kier molecular flexibility index (Phi) is 7.46. The highest BCUT2D eigenvalue weighted by Crippen LogP contribution is 2.28. The van der Waals surface area contributed by atoms with Crippen LogP contribution in [0.2, 0.25) is 0 Å². The van der Waals surface area contributed by atoms with Crippen molar-refractivity contribution in [2.75, 3.05) is 37.0 Å². The minimum atomic E-state index is -0.326. The Morgan fingerprint density at radius 2 is 2.28 bits per heavy atom. The summed E-state index contributed by atoms with van der Waals surface area (Å²) in [6.45, 7) is 5.89. The average molecular weight is 420 g/mol. The fraction of sp³-hybridized carbons (Fsp3) is 0.429. The Bertz CT molecular complexity index is 865. The van der Waals surface area contributed by atoms with Gasteiger partial charge in [-0.25, -0.2) is 9.37 Å². The molecule has 29 heavy (non-hydrogen) atoms. The first-order chi connectivity index (χ1) is 14.0. The van der Waals surface area contributed by atoms with E-state index in [2.05, 4.69) is 10.2 Å². The molecule has 0 radical (unpaired) electrons. The molecule has 3 rings (SSSR count). The molecule has 2 heterocycles. The van der Waals surface area contributed by atoms with Crippen molar-refractivity contribution >= 4 is 23.5 Å². The maximum absolute atomic E-state index is 13.4. The summed E-state index contributed by atoms with van der Waals surface area (Å²) in [6.07, 6.45) is -0.234. The Hall–Kier alpha value is -2.16. The molecule has 2 N–H and O–H groups in total. The number of anilines is 1. The van der Waals surface area contributed by atoms with E-state index in [-0.39, 0.29) is 31.0 Å². The number of pyridine rings is 1. The number of hydrogen-bond donors (Lipinski definition) is 2. The smallest absolute Gasteiger partial charge is 0.254 e. The molecule has 1 aromatic carbocycles. The van der Waals surface area contributed by atoms with Gasteiger partial charge in [-0.15, -0.1) is 11.8 Å². The molecular formula is C21H26FN3O3S. The minimum absolute atomic E-state index is 0.0351. The summed E-state index contributed by atoms with van der Waals surface area (Å²) in [5.41, 5.74) is 2.08. The SMILES string of the molecule is CCSc1nc(N2CCO[C@@H](CO)C2)cc(C)c1C(=O)NCc1cccc(F)c1. The van der Waals surface area contributed by atoms with E-state index in [9.17, 15) is 14.3 Å². The van der Waals surface area contributed by atoms with E-state index in [1.54, 1.807) is 12.1 Å². The van der Waals surface area contributed by atoms with Gasteiger partial charge in [-0.1, -0.05) is 19.1 Å². The molecule has 1 amide bonds. The van der Waals surface area contributed by atoms with Gasteiger partial charge >= 0.3 is 0 Å². The number of rotatable bonds is 7. The van der Waals surface area contributed by atoms with Crippen LogP contribution in [-0.4, -0.2) is 54.2 Å². The van der Waals surface area contributed by atoms with Crippen LogP contribution >= 0.6 is 11.8 Å². The Morgan fingerprint density at radius 3 is 3.00 bits per heavy atom. The first-order valence-electron chi connectivity index (χ1n) is 9.66. The zero-order valence-electron chi connectivity index (χ0n) is 16.7. The number of aryl methyl sites for hydroxylation is 1. The topological polar surface area (TPSA) is 74.7 Å². The van der Waals surface area contributed by atoms with Crippen LogP contribution in [0.5, 0.6) is 0 Å². The Labute approximate surface area is 174 Å². The van der Waals surface area contributed by atoms with Crippen molar-refractivity contribution in [2.24, 2.45) is 0 Å². The van der Waals surface area contributed by atoms with Crippen molar-refractivity contribution in [1.29, 1.82) is 0 Å². The second-order valence-electron chi connectivity index (χ2n) is 6.84. The van der Waals surface area contributed by atoms with E-state index in [0.717, 1.165) is 17.1 Å². The van der Waals surface area contributed by atoms with Crippen molar-refractivity contribution < 1.29 is 19.0 Å². The summed E-state index contributed by atoms with van der Waals surface area (Å²) in [4.78, 5) is 19.7. The van der Waals surface area contributed by atoms with Crippen LogP contribution in [-0.2, 0) is 11.3 Å². The van der Waals surface area contributed by atoms with E-state index in [1.165, 1.54) is 23.9 Å². The quantitative estimate of drug-likeness (QED) is 0.673. The molecule has 1 aromatic heterocycles. The monoisotopic (exact) mass is 419 g/mol. The standard InChI is InChI=1S/C21H26FN3O3S/c1-3-29-21-19(20(27)23-11-15-5-4-6-16(22)10-15)14(2)9-18(24-21)25-7-8-28-17(12-25)13-26/h4-6,9-10,17,26H,3,7-8,11-13H2,1-2H3,(H,23,27)/t17-/m1/s1. The van der Waals surface area contributed by atoms with Gasteiger partial charge in [0.2, 0.25) is 0 Å². The molecule has 6 nitrogen and oxygen atoms in total. The summed E-state index contributed by atoms with van der Waals surface area (Å²) in [7, 11) is 0. The lowest BCUT2D eigenvalue weighted by atomic mass is 10.1. The molecule has 0 aliphatic carbocycles. The third kappa shape index (κ3) is 5.46. The second kappa shape index (κ2) is 10.0. The number of thioether (sulfide) groups is 1. The second-order valence-corrected chi connectivity index (χ2v) is 8.10. The highest BCUT2D eigenvalue weighted by molar-refractivity contribution is 7.99. The lowest BCUT2D eigenvalue weighted by molar-refractivity contribution is 0.00333. The summed E-state index contributed by atoms with van der Waals surface area (Å²) < 4.78 is 18.9. The molecule has 8 heteroatoms. The summed E-state index contributed by atoms with van der Waals surface area (Å²) in [6, 6.07) is 8.08. The number of amides is 1.